The summed E-state index contributed by atoms with van der Waals surface area (Å²) in [6.45, 7) is 1.83. The fourth-order valence-corrected chi connectivity index (χ4v) is 2.39. The molecule has 6 nitrogen and oxygen atoms in total. The zero-order chi connectivity index (χ0) is 19.1. The van der Waals surface area contributed by atoms with Crippen molar-refractivity contribution in [2.45, 2.75) is 6.92 Å². The molecule has 0 aliphatic carbocycles. The quantitative estimate of drug-likeness (QED) is 0.782. The Bertz CT molecular complexity index is 844. The summed E-state index contributed by atoms with van der Waals surface area (Å²) in [5.74, 6) is 0.784. The van der Waals surface area contributed by atoms with Crippen LogP contribution in [0.1, 0.15) is 21.5 Å². The summed E-state index contributed by atoms with van der Waals surface area (Å²) < 4.78 is 10.4. The van der Waals surface area contributed by atoms with Crippen molar-refractivity contribution < 1.29 is 19.1 Å². The Morgan fingerprint density at radius 1 is 1.00 bits per heavy atom. The lowest BCUT2D eigenvalue weighted by Crippen LogP contribution is -2.18. The lowest BCUT2D eigenvalue weighted by molar-refractivity contribution is -0.111. The lowest BCUT2D eigenvalue weighted by atomic mass is 10.1. The molecule has 0 aliphatic rings. The molecule has 0 saturated heterocycles. The number of methoxy groups -OCH3 is 2. The maximum absolute atomic E-state index is 12.2. The first-order valence-corrected chi connectivity index (χ1v) is 8.02. The van der Waals surface area contributed by atoms with Crippen molar-refractivity contribution in [3.63, 3.8) is 0 Å². The number of rotatable bonds is 6. The van der Waals surface area contributed by atoms with Crippen molar-refractivity contribution in [3.05, 3.63) is 59.2 Å². The number of benzene rings is 2. The standard InChI is InChI=1S/C20H22N2O4/c1-13-11-15(20(24)21-2)7-8-16(13)22-19(23)10-6-14-5-9-17(25-3)18(12-14)26-4/h5-12H,1-4H3,(H,21,24)(H,22,23)/b10-6+. The van der Waals surface area contributed by atoms with Crippen LogP contribution in [0.5, 0.6) is 11.5 Å². The number of hydrogen-bond donors (Lipinski definition) is 2. The molecule has 2 aromatic rings. The molecule has 0 spiro atoms. The third-order valence-corrected chi connectivity index (χ3v) is 3.81. The molecular formula is C20H22N2O4. The van der Waals surface area contributed by atoms with Gasteiger partial charge in [-0.2, -0.15) is 0 Å². The lowest BCUT2D eigenvalue weighted by Gasteiger charge is -2.09. The van der Waals surface area contributed by atoms with E-state index in [1.807, 2.05) is 13.0 Å². The Balaban J connectivity index is 2.09. The van der Waals surface area contributed by atoms with Gasteiger partial charge in [-0.1, -0.05) is 6.07 Å². The van der Waals surface area contributed by atoms with Crippen molar-refractivity contribution in [2.24, 2.45) is 0 Å². The number of aryl methyl sites for hydroxylation is 1. The van der Waals surface area contributed by atoms with Crippen LogP contribution in [0, 0.1) is 6.92 Å². The third kappa shape index (κ3) is 4.63. The molecule has 0 saturated carbocycles. The zero-order valence-corrected chi connectivity index (χ0v) is 15.3. The van der Waals surface area contributed by atoms with Gasteiger partial charge in [-0.25, -0.2) is 0 Å². The van der Waals surface area contributed by atoms with Crippen LogP contribution in [-0.4, -0.2) is 33.1 Å². The van der Waals surface area contributed by atoms with E-state index in [2.05, 4.69) is 10.6 Å². The first-order valence-electron chi connectivity index (χ1n) is 8.02. The van der Waals surface area contributed by atoms with Gasteiger partial charge < -0.3 is 20.1 Å². The number of hydrogen-bond acceptors (Lipinski definition) is 4. The van der Waals surface area contributed by atoms with Crippen LogP contribution >= 0.6 is 0 Å². The number of anilines is 1. The van der Waals surface area contributed by atoms with Crippen LogP contribution in [0.15, 0.2) is 42.5 Å². The minimum atomic E-state index is -0.268. The summed E-state index contributed by atoms with van der Waals surface area (Å²) in [6, 6.07) is 10.5. The number of carbonyl (C=O) groups is 2. The molecule has 0 aromatic heterocycles. The summed E-state index contributed by atoms with van der Waals surface area (Å²) in [7, 11) is 4.70. The fourth-order valence-electron chi connectivity index (χ4n) is 2.39. The van der Waals surface area contributed by atoms with E-state index in [0.717, 1.165) is 11.1 Å². The average molecular weight is 354 g/mol. The molecule has 26 heavy (non-hydrogen) atoms. The molecule has 0 bridgehead atoms. The second-order valence-electron chi connectivity index (χ2n) is 5.55. The smallest absolute Gasteiger partial charge is 0.251 e. The van der Waals surface area contributed by atoms with Crippen molar-refractivity contribution in [1.29, 1.82) is 0 Å². The molecule has 136 valence electrons. The molecule has 2 rings (SSSR count). The largest absolute Gasteiger partial charge is 0.493 e. The first-order chi connectivity index (χ1) is 12.5. The van der Waals surface area contributed by atoms with E-state index in [4.69, 9.17) is 9.47 Å². The van der Waals surface area contributed by atoms with E-state index < -0.39 is 0 Å². The van der Waals surface area contributed by atoms with Crippen molar-refractivity contribution >= 4 is 23.6 Å². The van der Waals surface area contributed by atoms with E-state index >= 15 is 0 Å². The number of ether oxygens (including phenoxy) is 2. The predicted molar refractivity (Wildman–Crippen MR) is 102 cm³/mol. The van der Waals surface area contributed by atoms with Crippen LogP contribution < -0.4 is 20.1 Å². The molecule has 2 N–H and O–H groups in total. The predicted octanol–water partition coefficient (Wildman–Crippen LogP) is 3.02. The highest BCUT2D eigenvalue weighted by Crippen LogP contribution is 2.28. The van der Waals surface area contributed by atoms with Gasteiger partial charge in [0.15, 0.2) is 11.5 Å². The molecular weight excluding hydrogens is 332 g/mol. The Morgan fingerprint density at radius 3 is 2.35 bits per heavy atom. The van der Waals surface area contributed by atoms with E-state index in [1.54, 1.807) is 57.7 Å². The van der Waals surface area contributed by atoms with E-state index in [0.29, 0.717) is 22.7 Å². The van der Waals surface area contributed by atoms with Gasteiger partial charge >= 0.3 is 0 Å². The Hall–Kier alpha value is -3.28. The maximum atomic E-state index is 12.2. The SMILES string of the molecule is CNC(=O)c1ccc(NC(=O)/C=C/c2ccc(OC)c(OC)c2)c(C)c1. The van der Waals surface area contributed by atoms with Gasteiger partial charge in [0.25, 0.3) is 5.91 Å². The third-order valence-electron chi connectivity index (χ3n) is 3.81. The molecule has 0 fully saturated rings. The highest BCUT2D eigenvalue weighted by molar-refractivity contribution is 6.03. The van der Waals surface area contributed by atoms with Crippen molar-refractivity contribution in [2.75, 3.05) is 26.6 Å². The van der Waals surface area contributed by atoms with E-state index in [1.165, 1.54) is 6.08 Å². The minimum absolute atomic E-state index is 0.167. The molecule has 2 aromatic carbocycles. The van der Waals surface area contributed by atoms with Gasteiger partial charge in [0, 0.05) is 24.4 Å². The Kier molecular flexibility index (Phi) is 6.38. The molecule has 0 radical (unpaired) electrons. The Morgan fingerprint density at radius 2 is 1.73 bits per heavy atom. The molecule has 2 amide bonds. The van der Waals surface area contributed by atoms with Crippen molar-refractivity contribution in [1.82, 2.24) is 5.32 Å². The van der Waals surface area contributed by atoms with Gasteiger partial charge in [-0.05, 0) is 54.5 Å². The highest BCUT2D eigenvalue weighted by Gasteiger charge is 2.07. The average Bonchev–Trinajstić information content (AvgIpc) is 2.66. The van der Waals surface area contributed by atoms with Gasteiger partial charge in [0.1, 0.15) is 0 Å². The second-order valence-corrected chi connectivity index (χ2v) is 5.55. The monoisotopic (exact) mass is 354 g/mol. The first kappa shape index (κ1) is 19.1. The topological polar surface area (TPSA) is 76.7 Å². The van der Waals surface area contributed by atoms with Crippen LogP contribution in [0.2, 0.25) is 0 Å². The summed E-state index contributed by atoms with van der Waals surface area (Å²) in [5, 5.41) is 5.37. The maximum Gasteiger partial charge on any atom is 0.251 e. The second kappa shape index (κ2) is 8.71. The Labute approximate surface area is 152 Å². The normalized spacial score (nSPS) is 10.5. The summed E-state index contributed by atoms with van der Waals surface area (Å²) in [4.78, 5) is 23.8. The van der Waals surface area contributed by atoms with Crippen LogP contribution in [0.3, 0.4) is 0 Å². The van der Waals surface area contributed by atoms with Gasteiger partial charge in [0.2, 0.25) is 5.91 Å². The summed E-state index contributed by atoms with van der Waals surface area (Å²) in [6.07, 6.45) is 3.12. The van der Waals surface area contributed by atoms with E-state index in [9.17, 15) is 9.59 Å². The van der Waals surface area contributed by atoms with Crippen molar-refractivity contribution in [3.8, 4) is 11.5 Å². The highest BCUT2D eigenvalue weighted by atomic mass is 16.5. The summed E-state index contributed by atoms with van der Waals surface area (Å²) >= 11 is 0. The molecule has 0 aliphatic heterocycles. The fraction of sp³-hybridized carbons (Fsp3) is 0.200. The number of carbonyl (C=O) groups excluding carboxylic acids is 2. The molecule has 0 heterocycles. The van der Waals surface area contributed by atoms with E-state index in [-0.39, 0.29) is 11.8 Å². The number of amides is 2. The molecule has 6 heteroatoms. The van der Waals surface area contributed by atoms with Crippen LogP contribution in [-0.2, 0) is 4.79 Å². The molecule has 0 atom stereocenters. The molecule has 0 unspecified atom stereocenters. The van der Waals surface area contributed by atoms with Crippen LogP contribution in [0.4, 0.5) is 5.69 Å². The van der Waals surface area contributed by atoms with Crippen LogP contribution in [0.25, 0.3) is 6.08 Å². The zero-order valence-electron chi connectivity index (χ0n) is 15.3. The van der Waals surface area contributed by atoms with Gasteiger partial charge in [-0.15, -0.1) is 0 Å². The van der Waals surface area contributed by atoms with Gasteiger partial charge in [-0.3, -0.25) is 9.59 Å². The summed E-state index contributed by atoms with van der Waals surface area (Å²) in [5.41, 5.74) is 2.81. The number of nitrogens with one attached hydrogen (secondary N) is 2. The van der Waals surface area contributed by atoms with Gasteiger partial charge in [0.05, 0.1) is 14.2 Å². The minimum Gasteiger partial charge on any atom is -0.493 e.